The Kier molecular flexibility index (Phi) is 3.65. The quantitative estimate of drug-likeness (QED) is 0.769. The fraction of sp³-hybridized carbons (Fsp3) is 0.533. The standard InChI is InChI=1S/C15H17F2N/c1-11-2-4-15(10-18,5-3-11)9-12-6-13(16)8-14(17)7-12/h6-8,11H,2-5,9H2,1H3. The van der Waals surface area contributed by atoms with Crippen molar-refractivity contribution in [2.75, 3.05) is 0 Å². The van der Waals surface area contributed by atoms with E-state index in [2.05, 4.69) is 13.0 Å². The van der Waals surface area contributed by atoms with Crippen LogP contribution < -0.4 is 0 Å². The van der Waals surface area contributed by atoms with Crippen molar-refractivity contribution in [3.05, 3.63) is 35.4 Å². The molecule has 3 heteroatoms. The molecule has 1 saturated carbocycles. The lowest BCUT2D eigenvalue weighted by molar-refractivity contribution is 0.218. The predicted molar refractivity (Wildman–Crippen MR) is 65.7 cm³/mol. The molecule has 0 radical (unpaired) electrons. The van der Waals surface area contributed by atoms with E-state index in [1.54, 1.807) is 0 Å². The molecule has 1 aromatic carbocycles. The van der Waals surface area contributed by atoms with E-state index >= 15 is 0 Å². The fourth-order valence-corrected chi connectivity index (χ4v) is 2.75. The minimum absolute atomic E-state index is 0.438. The van der Waals surface area contributed by atoms with Crippen LogP contribution >= 0.6 is 0 Å². The van der Waals surface area contributed by atoms with E-state index in [4.69, 9.17) is 0 Å². The van der Waals surface area contributed by atoms with Crippen molar-refractivity contribution in [1.82, 2.24) is 0 Å². The summed E-state index contributed by atoms with van der Waals surface area (Å²) >= 11 is 0. The largest absolute Gasteiger partial charge is 0.207 e. The Bertz CT molecular complexity index is 448. The number of rotatable bonds is 2. The Balaban J connectivity index is 2.18. The number of nitrogens with zero attached hydrogens (tertiary/aromatic N) is 1. The summed E-state index contributed by atoms with van der Waals surface area (Å²) in [4.78, 5) is 0. The van der Waals surface area contributed by atoms with Crippen molar-refractivity contribution in [1.29, 1.82) is 5.26 Å². The molecule has 0 aliphatic heterocycles. The second kappa shape index (κ2) is 5.06. The van der Waals surface area contributed by atoms with E-state index in [1.807, 2.05) is 0 Å². The first-order chi connectivity index (χ1) is 8.53. The number of hydrogen-bond acceptors (Lipinski definition) is 1. The van der Waals surface area contributed by atoms with Gasteiger partial charge in [0.15, 0.2) is 0 Å². The minimum atomic E-state index is -0.567. The zero-order valence-corrected chi connectivity index (χ0v) is 10.5. The van der Waals surface area contributed by atoms with Gasteiger partial charge in [0.2, 0.25) is 0 Å². The van der Waals surface area contributed by atoms with Crippen LogP contribution in [0.4, 0.5) is 8.78 Å². The molecule has 0 aromatic heterocycles. The average Bonchev–Trinajstić information content (AvgIpc) is 2.31. The van der Waals surface area contributed by atoms with Gasteiger partial charge in [-0.1, -0.05) is 6.92 Å². The van der Waals surface area contributed by atoms with Gasteiger partial charge in [-0.2, -0.15) is 5.26 Å². The molecule has 1 nitrogen and oxygen atoms in total. The molecule has 1 fully saturated rings. The summed E-state index contributed by atoms with van der Waals surface area (Å²) in [6, 6.07) is 5.91. The van der Waals surface area contributed by atoms with Crippen LogP contribution in [0.1, 0.15) is 38.2 Å². The van der Waals surface area contributed by atoms with Gasteiger partial charge in [0, 0.05) is 6.07 Å². The summed E-state index contributed by atoms with van der Waals surface area (Å²) in [6.45, 7) is 2.18. The number of hydrogen-bond donors (Lipinski definition) is 0. The highest BCUT2D eigenvalue weighted by molar-refractivity contribution is 5.22. The molecule has 1 aromatic rings. The second-order valence-corrected chi connectivity index (χ2v) is 5.53. The maximum absolute atomic E-state index is 13.2. The second-order valence-electron chi connectivity index (χ2n) is 5.53. The molecule has 1 aliphatic carbocycles. The van der Waals surface area contributed by atoms with Crippen molar-refractivity contribution in [2.24, 2.45) is 11.3 Å². The highest BCUT2D eigenvalue weighted by Gasteiger charge is 2.34. The number of benzene rings is 1. The Morgan fingerprint density at radius 3 is 2.28 bits per heavy atom. The zero-order valence-electron chi connectivity index (χ0n) is 10.5. The lowest BCUT2D eigenvalue weighted by atomic mass is 9.69. The predicted octanol–water partition coefficient (Wildman–Crippen LogP) is 4.23. The molecule has 0 amide bonds. The molecule has 0 heterocycles. The van der Waals surface area contributed by atoms with Crippen LogP contribution in [0, 0.1) is 34.3 Å². The smallest absolute Gasteiger partial charge is 0.126 e. The van der Waals surface area contributed by atoms with Gasteiger partial charge in [-0.15, -0.1) is 0 Å². The lowest BCUT2D eigenvalue weighted by Crippen LogP contribution is -2.27. The summed E-state index contributed by atoms with van der Waals surface area (Å²) < 4.78 is 26.3. The van der Waals surface area contributed by atoms with Gasteiger partial charge in [0.1, 0.15) is 11.6 Å². The molecule has 96 valence electrons. The van der Waals surface area contributed by atoms with Crippen LogP contribution in [0.2, 0.25) is 0 Å². The first-order valence-corrected chi connectivity index (χ1v) is 6.39. The van der Waals surface area contributed by atoms with Gasteiger partial charge in [-0.05, 0) is 55.7 Å². The van der Waals surface area contributed by atoms with E-state index in [9.17, 15) is 14.0 Å². The first-order valence-electron chi connectivity index (χ1n) is 6.39. The van der Waals surface area contributed by atoms with Gasteiger partial charge in [-0.25, -0.2) is 8.78 Å². The zero-order chi connectivity index (χ0) is 13.2. The highest BCUT2D eigenvalue weighted by Crippen LogP contribution is 2.41. The SMILES string of the molecule is CC1CCC(C#N)(Cc2cc(F)cc(F)c2)CC1. The number of halogens is 2. The van der Waals surface area contributed by atoms with Crippen molar-refractivity contribution >= 4 is 0 Å². The molecule has 0 spiro atoms. The molecular formula is C15H17F2N. The van der Waals surface area contributed by atoms with E-state index in [0.29, 0.717) is 17.9 Å². The van der Waals surface area contributed by atoms with Crippen molar-refractivity contribution in [3.8, 4) is 6.07 Å². The summed E-state index contributed by atoms with van der Waals surface area (Å²) in [5, 5.41) is 9.39. The van der Waals surface area contributed by atoms with Crippen LogP contribution in [0.15, 0.2) is 18.2 Å². The summed E-state index contributed by atoms with van der Waals surface area (Å²) in [7, 11) is 0. The van der Waals surface area contributed by atoms with Crippen molar-refractivity contribution in [3.63, 3.8) is 0 Å². The third-order valence-corrected chi connectivity index (χ3v) is 3.93. The van der Waals surface area contributed by atoms with E-state index in [1.165, 1.54) is 12.1 Å². The van der Waals surface area contributed by atoms with Crippen LogP contribution in [0.25, 0.3) is 0 Å². The van der Waals surface area contributed by atoms with Crippen LogP contribution in [0.3, 0.4) is 0 Å². The maximum Gasteiger partial charge on any atom is 0.126 e. The highest BCUT2D eigenvalue weighted by atomic mass is 19.1. The summed E-state index contributed by atoms with van der Waals surface area (Å²) in [5.74, 6) is -0.486. The maximum atomic E-state index is 13.2. The van der Waals surface area contributed by atoms with Crippen molar-refractivity contribution in [2.45, 2.75) is 39.0 Å². The molecular weight excluding hydrogens is 232 g/mol. The Hall–Kier alpha value is -1.43. The molecule has 1 aliphatic rings. The normalized spacial score (nSPS) is 27.8. The van der Waals surface area contributed by atoms with Gasteiger partial charge in [-0.3, -0.25) is 0 Å². The minimum Gasteiger partial charge on any atom is -0.207 e. The molecule has 2 rings (SSSR count). The van der Waals surface area contributed by atoms with E-state index < -0.39 is 17.0 Å². The molecule has 0 atom stereocenters. The molecule has 0 saturated heterocycles. The molecule has 18 heavy (non-hydrogen) atoms. The van der Waals surface area contributed by atoms with Gasteiger partial charge in [0.05, 0.1) is 11.5 Å². The van der Waals surface area contributed by atoms with Gasteiger partial charge >= 0.3 is 0 Å². The van der Waals surface area contributed by atoms with Crippen LogP contribution in [-0.4, -0.2) is 0 Å². The Labute approximate surface area is 106 Å². The van der Waals surface area contributed by atoms with Gasteiger partial charge < -0.3 is 0 Å². The fourth-order valence-electron chi connectivity index (χ4n) is 2.75. The molecule has 0 N–H and O–H groups in total. The van der Waals surface area contributed by atoms with Crippen molar-refractivity contribution < 1.29 is 8.78 Å². The van der Waals surface area contributed by atoms with Crippen LogP contribution in [-0.2, 0) is 6.42 Å². The first kappa shape index (κ1) is 13.0. The van der Waals surface area contributed by atoms with E-state index in [-0.39, 0.29) is 0 Å². The number of nitriles is 1. The average molecular weight is 249 g/mol. The summed E-state index contributed by atoms with van der Waals surface area (Å²) in [5.41, 5.74) is 0.149. The Morgan fingerprint density at radius 1 is 1.22 bits per heavy atom. The lowest BCUT2D eigenvalue weighted by Gasteiger charge is -2.33. The summed E-state index contributed by atoms with van der Waals surface area (Å²) in [6.07, 6.45) is 4.13. The van der Waals surface area contributed by atoms with E-state index in [0.717, 1.165) is 31.7 Å². The third-order valence-electron chi connectivity index (χ3n) is 3.93. The molecule has 0 bridgehead atoms. The topological polar surface area (TPSA) is 23.8 Å². The molecule has 0 unspecified atom stereocenters. The van der Waals surface area contributed by atoms with Gasteiger partial charge in [0.25, 0.3) is 0 Å². The Morgan fingerprint density at radius 2 is 1.78 bits per heavy atom. The third kappa shape index (κ3) is 2.87. The van der Waals surface area contributed by atoms with Crippen LogP contribution in [0.5, 0.6) is 0 Å². The monoisotopic (exact) mass is 249 g/mol.